The van der Waals surface area contributed by atoms with Gasteiger partial charge in [-0.05, 0) is 44.8 Å². The quantitative estimate of drug-likeness (QED) is 0.327. The van der Waals surface area contributed by atoms with Crippen LogP contribution in [0.25, 0.3) is 0 Å². The maximum absolute atomic E-state index is 10.9. The smallest absolute Gasteiger partial charge is 0.233 e. The molecule has 1 rings (SSSR count). The van der Waals surface area contributed by atoms with Crippen LogP contribution in [-0.4, -0.2) is 42.2 Å². The van der Waals surface area contributed by atoms with Crippen molar-refractivity contribution in [1.82, 2.24) is 10.3 Å². The van der Waals surface area contributed by atoms with Gasteiger partial charge in [-0.2, -0.15) is 0 Å². The number of hydrogen-bond acceptors (Lipinski definition) is 4. The Labute approximate surface area is 90.6 Å². The summed E-state index contributed by atoms with van der Waals surface area (Å²) in [4.78, 5) is 13.2. The molecule has 0 aromatic rings. The second kappa shape index (κ2) is 6.76. The van der Waals surface area contributed by atoms with Crippen molar-refractivity contribution in [1.29, 1.82) is 0 Å². The number of likely N-dealkylation sites (tertiary alicyclic amines) is 1. The lowest BCUT2D eigenvalue weighted by Gasteiger charge is -2.30. The third-order valence-corrected chi connectivity index (χ3v) is 3.00. The fraction of sp³-hybridized carbons (Fsp3) is 0.900. The van der Waals surface area contributed by atoms with Gasteiger partial charge in [0.2, 0.25) is 5.91 Å². The van der Waals surface area contributed by atoms with Crippen LogP contribution in [0.1, 0.15) is 25.7 Å². The number of aliphatic hydroxyl groups excluding tert-OH is 1. The molecule has 0 aromatic heterocycles. The zero-order valence-corrected chi connectivity index (χ0v) is 9.11. The average Bonchev–Trinajstić information content (AvgIpc) is 2.29. The van der Waals surface area contributed by atoms with E-state index in [1.807, 2.05) is 0 Å². The van der Waals surface area contributed by atoms with Crippen LogP contribution >= 0.6 is 0 Å². The van der Waals surface area contributed by atoms with E-state index in [9.17, 15) is 4.79 Å². The highest BCUT2D eigenvalue weighted by atomic mass is 16.3. The monoisotopic (exact) mass is 215 g/mol. The van der Waals surface area contributed by atoms with Crippen molar-refractivity contribution in [2.45, 2.75) is 25.7 Å². The summed E-state index contributed by atoms with van der Waals surface area (Å²) in [5.41, 5.74) is 2.13. The molecule has 88 valence electrons. The molecule has 0 atom stereocenters. The molecule has 1 fully saturated rings. The van der Waals surface area contributed by atoms with Crippen LogP contribution in [0, 0.1) is 5.92 Å². The summed E-state index contributed by atoms with van der Waals surface area (Å²) in [5, 5.41) is 8.97. The molecule has 0 aliphatic carbocycles. The highest BCUT2D eigenvalue weighted by Gasteiger charge is 2.17. The largest absolute Gasteiger partial charge is 0.396 e. The molecule has 0 spiro atoms. The topological polar surface area (TPSA) is 78.6 Å². The number of hydrazine groups is 1. The molecule has 5 nitrogen and oxygen atoms in total. The van der Waals surface area contributed by atoms with Crippen LogP contribution in [0.2, 0.25) is 0 Å². The predicted octanol–water partition coefficient (Wildman–Crippen LogP) is -0.539. The lowest BCUT2D eigenvalue weighted by molar-refractivity contribution is -0.121. The minimum atomic E-state index is -0.0970. The van der Waals surface area contributed by atoms with Crippen LogP contribution in [0.4, 0.5) is 0 Å². The summed E-state index contributed by atoms with van der Waals surface area (Å²) in [6.07, 6.45) is 3.49. The summed E-state index contributed by atoms with van der Waals surface area (Å²) in [7, 11) is 0. The van der Waals surface area contributed by atoms with Gasteiger partial charge < -0.3 is 10.0 Å². The van der Waals surface area contributed by atoms with Crippen molar-refractivity contribution >= 4 is 5.91 Å². The number of nitrogens with two attached hydrogens (primary N) is 1. The number of carbonyl (C=O) groups excluding carboxylic acids is 1. The van der Waals surface area contributed by atoms with Crippen LogP contribution in [-0.2, 0) is 4.79 Å². The normalized spacial score (nSPS) is 19.1. The molecule has 0 saturated carbocycles. The number of nitrogens with one attached hydrogen (secondary N) is 1. The van der Waals surface area contributed by atoms with Gasteiger partial charge in [0, 0.05) is 13.0 Å². The number of amides is 1. The summed E-state index contributed by atoms with van der Waals surface area (Å²) < 4.78 is 0. The highest BCUT2D eigenvalue weighted by Crippen LogP contribution is 2.16. The van der Waals surface area contributed by atoms with Crippen molar-refractivity contribution in [2.75, 3.05) is 26.2 Å². The van der Waals surface area contributed by atoms with Crippen LogP contribution in [0.3, 0.4) is 0 Å². The summed E-state index contributed by atoms with van der Waals surface area (Å²) in [6.45, 7) is 3.33. The molecule has 1 aliphatic heterocycles. The van der Waals surface area contributed by atoms with E-state index in [0.717, 1.165) is 38.9 Å². The molecule has 0 aromatic carbocycles. The second-order valence-electron chi connectivity index (χ2n) is 4.14. The SMILES string of the molecule is NNC(=O)CCCN1CCC(CO)CC1. The van der Waals surface area contributed by atoms with Crippen molar-refractivity contribution < 1.29 is 9.90 Å². The van der Waals surface area contributed by atoms with Gasteiger partial charge in [0.05, 0.1) is 0 Å². The third kappa shape index (κ3) is 4.59. The van der Waals surface area contributed by atoms with E-state index in [4.69, 9.17) is 10.9 Å². The molecule has 1 heterocycles. The number of nitrogens with zero attached hydrogens (tertiary/aromatic N) is 1. The minimum absolute atomic E-state index is 0.0970. The first-order valence-electron chi connectivity index (χ1n) is 5.59. The first-order valence-corrected chi connectivity index (χ1v) is 5.59. The van der Waals surface area contributed by atoms with Crippen LogP contribution in [0.5, 0.6) is 0 Å². The first kappa shape index (κ1) is 12.4. The van der Waals surface area contributed by atoms with E-state index < -0.39 is 0 Å². The van der Waals surface area contributed by atoms with Gasteiger partial charge >= 0.3 is 0 Å². The summed E-state index contributed by atoms with van der Waals surface area (Å²) in [5.74, 6) is 5.37. The van der Waals surface area contributed by atoms with Gasteiger partial charge in [-0.15, -0.1) is 0 Å². The van der Waals surface area contributed by atoms with Gasteiger partial charge in [-0.1, -0.05) is 0 Å². The molecule has 5 heteroatoms. The molecular formula is C10H21N3O2. The van der Waals surface area contributed by atoms with Crippen LogP contribution in [0.15, 0.2) is 0 Å². The van der Waals surface area contributed by atoms with Crippen LogP contribution < -0.4 is 11.3 Å². The van der Waals surface area contributed by atoms with E-state index in [1.165, 1.54) is 0 Å². The van der Waals surface area contributed by atoms with Gasteiger partial charge in [0.15, 0.2) is 0 Å². The Balaban J connectivity index is 2.06. The van der Waals surface area contributed by atoms with E-state index in [2.05, 4.69) is 10.3 Å². The Bertz CT molecular complexity index is 191. The molecule has 0 radical (unpaired) electrons. The molecule has 15 heavy (non-hydrogen) atoms. The molecule has 0 bridgehead atoms. The standard InChI is InChI=1S/C10H21N3O2/c11-12-10(15)2-1-5-13-6-3-9(8-14)4-7-13/h9,14H,1-8,11H2,(H,12,15). The van der Waals surface area contributed by atoms with Crippen molar-refractivity contribution in [3.63, 3.8) is 0 Å². The summed E-state index contributed by atoms with van der Waals surface area (Å²) in [6, 6.07) is 0. The number of rotatable bonds is 5. The van der Waals surface area contributed by atoms with E-state index >= 15 is 0 Å². The molecule has 1 aliphatic rings. The Morgan fingerprint density at radius 1 is 1.47 bits per heavy atom. The Hall–Kier alpha value is -0.650. The fourth-order valence-electron chi connectivity index (χ4n) is 1.93. The van der Waals surface area contributed by atoms with Gasteiger partial charge in [0.1, 0.15) is 0 Å². The maximum atomic E-state index is 10.9. The molecule has 1 saturated heterocycles. The molecular weight excluding hydrogens is 194 g/mol. The maximum Gasteiger partial charge on any atom is 0.233 e. The number of piperidine rings is 1. The Morgan fingerprint density at radius 3 is 2.67 bits per heavy atom. The summed E-state index contributed by atoms with van der Waals surface area (Å²) >= 11 is 0. The van der Waals surface area contributed by atoms with E-state index in [-0.39, 0.29) is 5.91 Å². The van der Waals surface area contributed by atoms with Gasteiger partial charge in [-0.25, -0.2) is 5.84 Å². The Kier molecular flexibility index (Phi) is 5.60. The minimum Gasteiger partial charge on any atom is -0.396 e. The predicted molar refractivity (Wildman–Crippen MR) is 57.8 cm³/mol. The average molecular weight is 215 g/mol. The number of aliphatic hydroxyl groups is 1. The van der Waals surface area contributed by atoms with Crippen molar-refractivity contribution in [3.05, 3.63) is 0 Å². The first-order chi connectivity index (χ1) is 7.26. The zero-order valence-electron chi connectivity index (χ0n) is 9.11. The number of carbonyl (C=O) groups is 1. The van der Waals surface area contributed by atoms with E-state index in [0.29, 0.717) is 18.9 Å². The molecule has 4 N–H and O–H groups in total. The third-order valence-electron chi connectivity index (χ3n) is 3.00. The van der Waals surface area contributed by atoms with Gasteiger partial charge in [0.25, 0.3) is 0 Å². The fourth-order valence-corrected chi connectivity index (χ4v) is 1.93. The Morgan fingerprint density at radius 2 is 2.13 bits per heavy atom. The highest BCUT2D eigenvalue weighted by molar-refractivity contribution is 5.75. The lowest BCUT2D eigenvalue weighted by Crippen LogP contribution is -2.36. The van der Waals surface area contributed by atoms with E-state index in [1.54, 1.807) is 0 Å². The zero-order chi connectivity index (χ0) is 11.1. The lowest BCUT2D eigenvalue weighted by atomic mass is 9.98. The van der Waals surface area contributed by atoms with Gasteiger partial charge in [-0.3, -0.25) is 10.2 Å². The van der Waals surface area contributed by atoms with Crippen molar-refractivity contribution in [2.24, 2.45) is 11.8 Å². The van der Waals surface area contributed by atoms with Crippen molar-refractivity contribution in [3.8, 4) is 0 Å². The second-order valence-corrected chi connectivity index (χ2v) is 4.14. The molecule has 0 unspecified atom stereocenters. The molecule has 1 amide bonds. The number of hydrogen-bond donors (Lipinski definition) is 3.